The highest BCUT2D eigenvalue weighted by atomic mass is 35.5. The maximum atomic E-state index is 13.7. The largest absolute Gasteiger partial charge is 0.467 e. The molecule has 13 nitrogen and oxygen atoms in total. The molecule has 0 aliphatic heterocycles. The molecule has 2 amide bonds. The molecular formula is C31H30ClF2N11O2. The van der Waals surface area contributed by atoms with Gasteiger partial charge in [-0.2, -0.15) is 5.10 Å². The monoisotopic (exact) mass is 661 g/mol. The van der Waals surface area contributed by atoms with Gasteiger partial charge in [0.25, 0.3) is 6.43 Å². The molecule has 6 rings (SSSR count). The van der Waals surface area contributed by atoms with Crippen molar-refractivity contribution in [1.29, 1.82) is 0 Å². The molecule has 1 aromatic carbocycles. The number of carbonyl (C=O) groups excluding carboxylic acids is 1. The number of hydrogen-bond acceptors (Lipinski definition) is 10. The highest BCUT2D eigenvalue weighted by molar-refractivity contribution is 6.32. The number of anilines is 2. The van der Waals surface area contributed by atoms with Crippen molar-refractivity contribution >= 4 is 29.4 Å². The minimum absolute atomic E-state index is 0.0399. The number of amides is 2. The highest BCUT2D eigenvalue weighted by Gasteiger charge is 2.32. The van der Waals surface area contributed by atoms with Gasteiger partial charge in [-0.05, 0) is 31.2 Å². The fraction of sp³-hybridized carbons (Fsp3) is 0.290. The number of benzene rings is 1. The van der Waals surface area contributed by atoms with Crippen molar-refractivity contribution in [1.82, 2.24) is 45.4 Å². The van der Waals surface area contributed by atoms with Gasteiger partial charge in [0.2, 0.25) is 5.95 Å². The van der Waals surface area contributed by atoms with Crippen LogP contribution >= 0.6 is 11.6 Å². The molecule has 1 fully saturated rings. The standard InChI is InChI=1S/C31H30ClF2N11O2/c1-47-30-38-12-19(13-39-30)24-16-36-25(17-35-24)45(31(46)40-11-18-5-3-2-4-6-18)21-9-7-20(8-10-21)42-29-37-14-22(28(33)34)26(43-29)27-23(32)15-41-44-27/h2-6,12-17,20-21,28H,7-11H2,1H3,(H,40,46)(H,41,44)(H,37,42,43). The highest BCUT2D eigenvalue weighted by Crippen LogP contribution is 2.33. The molecule has 4 heterocycles. The number of halogens is 3. The Hall–Kier alpha value is -5.31. The third kappa shape index (κ3) is 7.41. The van der Waals surface area contributed by atoms with Gasteiger partial charge in [-0.15, -0.1) is 0 Å². The van der Waals surface area contributed by atoms with Crippen LogP contribution in [-0.2, 0) is 6.54 Å². The first-order valence-electron chi connectivity index (χ1n) is 14.8. The number of aromatic nitrogens is 8. The zero-order valence-corrected chi connectivity index (χ0v) is 25.9. The van der Waals surface area contributed by atoms with Crippen molar-refractivity contribution in [3.8, 4) is 28.7 Å². The molecule has 0 saturated heterocycles. The van der Waals surface area contributed by atoms with Gasteiger partial charge < -0.3 is 15.4 Å². The minimum atomic E-state index is -2.80. The van der Waals surface area contributed by atoms with Crippen molar-refractivity contribution in [2.45, 2.75) is 50.7 Å². The third-order valence-corrected chi connectivity index (χ3v) is 8.05. The second kappa shape index (κ2) is 14.4. The Bertz CT molecular complexity index is 1790. The van der Waals surface area contributed by atoms with Crippen LogP contribution < -0.4 is 20.3 Å². The van der Waals surface area contributed by atoms with Gasteiger partial charge in [0.05, 0.1) is 35.8 Å². The Labute approximate surface area is 273 Å². The van der Waals surface area contributed by atoms with Crippen LogP contribution in [0.15, 0.2) is 67.5 Å². The zero-order chi connectivity index (χ0) is 32.8. The summed E-state index contributed by atoms with van der Waals surface area (Å²) in [5, 5.41) is 13.0. The number of H-pyrrole nitrogens is 1. The number of ether oxygens (including phenoxy) is 1. The van der Waals surface area contributed by atoms with Gasteiger partial charge in [-0.3, -0.25) is 15.0 Å². The summed E-state index contributed by atoms with van der Waals surface area (Å²) in [7, 11) is 1.49. The molecule has 3 N–H and O–H groups in total. The van der Waals surface area contributed by atoms with Crippen LogP contribution in [0.5, 0.6) is 6.01 Å². The first-order chi connectivity index (χ1) is 22.9. The lowest BCUT2D eigenvalue weighted by atomic mass is 9.90. The molecular weight excluding hydrogens is 632 g/mol. The molecule has 4 aromatic heterocycles. The number of hydrogen-bond donors (Lipinski definition) is 3. The van der Waals surface area contributed by atoms with Gasteiger partial charge in [0.15, 0.2) is 5.82 Å². The van der Waals surface area contributed by atoms with Crippen LogP contribution in [0.1, 0.15) is 43.2 Å². The Balaban J connectivity index is 1.17. The number of alkyl halides is 2. The van der Waals surface area contributed by atoms with E-state index in [1.54, 1.807) is 29.7 Å². The van der Waals surface area contributed by atoms with Crippen molar-refractivity contribution < 1.29 is 18.3 Å². The summed E-state index contributed by atoms with van der Waals surface area (Å²) in [6.45, 7) is 0.343. The molecule has 0 spiro atoms. The number of carbonyl (C=O) groups is 1. The normalized spacial score (nSPS) is 16.1. The average Bonchev–Trinajstić information content (AvgIpc) is 3.54. The van der Waals surface area contributed by atoms with E-state index < -0.39 is 6.43 Å². The first kappa shape index (κ1) is 31.7. The van der Waals surface area contributed by atoms with Crippen LogP contribution in [0.4, 0.5) is 25.3 Å². The van der Waals surface area contributed by atoms with Crippen molar-refractivity contribution in [3.63, 3.8) is 0 Å². The molecule has 0 atom stereocenters. The van der Waals surface area contributed by atoms with Crippen molar-refractivity contribution in [2.75, 3.05) is 17.3 Å². The number of aromatic amines is 1. The summed E-state index contributed by atoms with van der Waals surface area (Å²) in [5.41, 5.74) is 1.88. The van der Waals surface area contributed by atoms with E-state index in [2.05, 4.69) is 50.7 Å². The topological polar surface area (TPSA) is 160 Å². The molecule has 242 valence electrons. The summed E-state index contributed by atoms with van der Waals surface area (Å²) in [4.78, 5) is 41.2. The summed E-state index contributed by atoms with van der Waals surface area (Å²) < 4.78 is 32.5. The molecule has 16 heteroatoms. The Morgan fingerprint density at radius 3 is 2.40 bits per heavy atom. The molecule has 1 saturated carbocycles. The number of nitrogens with zero attached hydrogens (tertiary/aromatic N) is 8. The molecule has 47 heavy (non-hydrogen) atoms. The van der Waals surface area contributed by atoms with E-state index in [1.807, 2.05) is 30.3 Å². The fourth-order valence-corrected chi connectivity index (χ4v) is 5.56. The van der Waals surface area contributed by atoms with Gasteiger partial charge >= 0.3 is 12.0 Å². The molecule has 1 aliphatic carbocycles. The van der Waals surface area contributed by atoms with Crippen molar-refractivity contribution in [3.05, 3.63) is 83.7 Å². The predicted molar refractivity (Wildman–Crippen MR) is 170 cm³/mol. The lowest BCUT2D eigenvalue weighted by Gasteiger charge is -2.36. The minimum Gasteiger partial charge on any atom is -0.467 e. The van der Waals surface area contributed by atoms with E-state index in [0.717, 1.165) is 11.8 Å². The first-order valence-corrected chi connectivity index (χ1v) is 15.2. The zero-order valence-electron chi connectivity index (χ0n) is 25.1. The average molecular weight is 662 g/mol. The number of nitrogens with one attached hydrogen (secondary N) is 3. The van der Waals surface area contributed by atoms with E-state index in [0.29, 0.717) is 49.3 Å². The second-order valence-electron chi connectivity index (χ2n) is 10.8. The molecule has 0 radical (unpaired) electrons. The summed E-state index contributed by atoms with van der Waals surface area (Å²) in [6, 6.07) is 9.31. The SMILES string of the molecule is COc1ncc(-c2cnc(N(C(=O)NCc3ccccc3)C3CCC(Nc4ncc(C(F)F)c(-c5n[nH]cc5Cl)n4)CC3)cn2)cn1. The Kier molecular flexibility index (Phi) is 9.71. The molecule has 1 aliphatic rings. The Morgan fingerprint density at radius 2 is 1.77 bits per heavy atom. The van der Waals surface area contributed by atoms with Crippen LogP contribution in [0.2, 0.25) is 5.02 Å². The lowest BCUT2D eigenvalue weighted by Crippen LogP contribution is -2.49. The second-order valence-corrected chi connectivity index (χ2v) is 11.2. The smallest absolute Gasteiger partial charge is 0.323 e. The van der Waals surface area contributed by atoms with E-state index in [9.17, 15) is 13.6 Å². The van der Waals surface area contributed by atoms with Crippen LogP contribution in [-0.4, -0.2) is 65.3 Å². The van der Waals surface area contributed by atoms with Crippen LogP contribution in [0.25, 0.3) is 22.6 Å². The maximum Gasteiger partial charge on any atom is 0.323 e. The van der Waals surface area contributed by atoms with Crippen LogP contribution in [0.3, 0.4) is 0 Å². The van der Waals surface area contributed by atoms with E-state index >= 15 is 0 Å². The van der Waals surface area contributed by atoms with Gasteiger partial charge in [-0.25, -0.2) is 38.5 Å². The summed E-state index contributed by atoms with van der Waals surface area (Å²) >= 11 is 6.15. The van der Waals surface area contributed by atoms with E-state index in [-0.39, 0.29) is 52.0 Å². The maximum absolute atomic E-state index is 13.7. The summed E-state index contributed by atoms with van der Waals surface area (Å²) in [5.74, 6) is 0.588. The van der Waals surface area contributed by atoms with Gasteiger partial charge in [0, 0.05) is 49.0 Å². The quantitative estimate of drug-likeness (QED) is 0.166. The molecule has 0 unspecified atom stereocenters. The van der Waals surface area contributed by atoms with Crippen molar-refractivity contribution in [2.24, 2.45) is 0 Å². The predicted octanol–water partition coefficient (Wildman–Crippen LogP) is 5.85. The summed E-state index contributed by atoms with van der Waals surface area (Å²) in [6.07, 6.45) is 8.56. The Morgan fingerprint density at radius 1 is 1.00 bits per heavy atom. The number of rotatable bonds is 10. The van der Waals surface area contributed by atoms with Crippen LogP contribution in [0, 0.1) is 0 Å². The molecule has 5 aromatic rings. The van der Waals surface area contributed by atoms with Gasteiger partial charge in [-0.1, -0.05) is 41.9 Å². The van der Waals surface area contributed by atoms with Gasteiger partial charge in [0.1, 0.15) is 11.4 Å². The number of urea groups is 1. The molecule has 0 bridgehead atoms. The van der Waals surface area contributed by atoms with E-state index in [1.165, 1.54) is 13.3 Å². The third-order valence-electron chi connectivity index (χ3n) is 7.76. The fourth-order valence-electron chi connectivity index (χ4n) is 5.38. The lowest BCUT2D eigenvalue weighted by molar-refractivity contribution is 0.151. The number of methoxy groups -OCH3 is 1. The van der Waals surface area contributed by atoms with E-state index in [4.69, 9.17) is 16.3 Å².